The van der Waals surface area contributed by atoms with E-state index < -0.39 is 18.2 Å². The largest absolute Gasteiger partial charge is 0.389 e. The van der Waals surface area contributed by atoms with E-state index in [-0.39, 0.29) is 12.5 Å². The Balaban J connectivity index is 2.58. The van der Waals surface area contributed by atoms with Crippen LogP contribution in [0.25, 0.3) is 0 Å². The van der Waals surface area contributed by atoms with Gasteiger partial charge < -0.3 is 10.1 Å². The molecular formula is C13H24F3NO. The Morgan fingerprint density at radius 1 is 1.33 bits per heavy atom. The SMILES string of the molecule is CCCNC(CCC(F)(F)F)C1(C)CCCCO1. The molecule has 0 saturated carbocycles. The minimum atomic E-state index is -4.09. The number of hydrogen-bond donors (Lipinski definition) is 1. The summed E-state index contributed by atoms with van der Waals surface area (Å²) >= 11 is 0. The van der Waals surface area contributed by atoms with Gasteiger partial charge in [-0.05, 0) is 45.6 Å². The highest BCUT2D eigenvalue weighted by atomic mass is 19.4. The summed E-state index contributed by atoms with van der Waals surface area (Å²) < 4.78 is 42.8. The first-order valence-corrected chi connectivity index (χ1v) is 6.81. The molecule has 1 N–H and O–H groups in total. The van der Waals surface area contributed by atoms with E-state index in [0.29, 0.717) is 6.61 Å². The highest BCUT2D eigenvalue weighted by Crippen LogP contribution is 2.32. The molecule has 0 radical (unpaired) electrons. The molecule has 0 aliphatic carbocycles. The predicted molar refractivity (Wildman–Crippen MR) is 65.6 cm³/mol. The molecule has 1 fully saturated rings. The van der Waals surface area contributed by atoms with E-state index in [9.17, 15) is 13.2 Å². The smallest absolute Gasteiger partial charge is 0.374 e. The van der Waals surface area contributed by atoms with Crippen LogP contribution in [0.4, 0.5) is 13.2 Å². The van der Waals surface area contributed by atoms with E-state index in [1.165, 1.54) is 0 Å². The molecule has 5 heteroatoms. The van der Waals surface area contributed by atoms with Crippen LogP contribution in [-0.4, -0.2) is 31.0 Å². The van der Waals surface area contributed by atoms with Crippen molar-refractivity contribution in [1.29, 1.82) is 0 Å². The van der Waals surface area contributed by atoms with Gasteiger partial charge in [0.05, 0.1) is 5.60 Å². The molecule has 108 valence electrons. The van der Waals surface area contributed by atoms with Gasteiger partial charge in [0.1, 0.15) is 0 Å². The summed E-state index contributed by atoms with van der Waals surface area (Å²) in [7, 11) is 0. The molecule has 1 saturated heterocycles. The first-order valence-electron chi connectivity index (χ1n) is 6.81. The Hall–Kier alpha value is -0.290. The number of nitrogens with one attached hydrogen (secondary N) is 1. The van der Waals surface area contributed by atoms with Gasteiger partial charge in [0.15, 0.2) is 0 Å². The van der Waals surface area contributed by atoms with Crippen LogP contribution in [0, 0.1) is 0 Å². The fourth-order valence-corrected chi connectivity index (χ4v) is 2.48. The molecule has 2 nitrogen and oxygen atoms in total. The molecule has 1 heterocycles. The average Bonchev–Trinajstić information content (AvgIpc) is 2.28. The standard InChI is InChI=1S/C13H24F3NO/c1-3-9-17-11(6-8-13(14,15)16)12(2)7-4-5-10-18-12/h11,17H,3-10H2,1-2H3. The summed E-state index contributed by atoms with van der Waals surface area (Å²) in [6.07, 6.45) is -0.933. The van der Waals surface area contributed by atoms with Crippen LogP contribution in [0.2, 0.25) is 0 Å². The molecule has 0 aromatic rings. The molecule has 18 heavy (non-hydrogen) atoms. The number of rotatable bonds is 6. The maximum Gasteiger partial charge on any atom is 0.389 e. The molecule has 2 atom stereocenters. The van der Waals surface area contributed by atoms with Crippen molar-refractivity contribution < 1.29 is 17.9 Å². The Morgan fingerprint density at radius 2 is 2.06 bits per heavy atom. The Bertz CT molecular complexity index is 237. The van der Waals surface area contributed by atoms with Gasteiger partial charge in [-0.15, -0.1) is 0 Å². The van der Waals surface area contributed by atoms with Gasteiger partial charge in [0, 0.05) is 19.1 Å². The topological polar surface area (TPSA) is 21.3 Å². The minimum absolute atomic E-state index is 0.0972. The lowest BCUT2D eigenvalue weighted by atomic mass is 9.85. The van der Waals surface area contributed by atoms with Crippen LogP contribution in [0.15, 0.2) is 0 Å². The van der Waals surface area contributed by atoms with Gasteiger partial charge in [0.2, 0.25) is 0 Å². The average molecular weight is 267 g/mol. The van der Waals surface area contributed by atoms with Gasteiger partial charge in [-0.3, -0.25) is 0 Å². The first kappa shape index (κ1) is 15.8. The maximum atomic E-state index is 12.4. The van der Waals surface area contributed by atoms with Gasteiger partial charge >= 0.3 is 6.18 Å². The van der Waals surface area contributed by atoms with Gasteiger partial charge in [0.25, 0.3) is 0 Å². The van der Waals surface area contributed by atoms with Crippen LogP contribution >= 0.6 is 0 Å². The molecule has 0 aromatic carbocycles. The zero-order chi connectivity index (χ0) is 13.6. The van der Waals surface area contributed by atoms with Crippen molar-refractivity contribution in [2.45, 2.75) is 70.2 Å². The van der Waals surface area contributed by atoms with Crippen LogP contribution in [-0.2, 0) is 4.74 Å². The first-order chi connectivity index (χ1) is 8.37. The summed E-state index contributed by atoms with van der Waals surface area (Å²) in [4.78, 5) is 0. The molecule has 0 amide bonds. The quantitative estimate of drug-likeness (QED) is 0.793. The lowest BCUT2D eigenvalue weighted by molar-refractivity contribution is -0.145. The van der Waals surface area contributed by atoms with Gasteiger partial charge in [-0.25, -0.2) is 0 Å². The van der Waals surface area contributed by atoms with Gasteiger partial charge in [-0.1, -0.05) is 6.92 Å². The Kier molecular flexibility index (Phi) is 5.92. The van der Waals surface area contributed by atoms with E-state index in [1.807, 2.05) is 13.8 Å². The third-order valence-electron chi connectivity index (χ3n) is 3.59. The lowest BCUT2D eigenvalue weighted by Crippen LogP contribution is -2.52. The van der Waals surface area contributed by atoms with Crippen LogP contribution < -0.4 is 5.32 Å². The Labute approximate surface area is 107 Å². The number of halogens is 3. The summed E-state index contributed by atoms with van der Waals surface area (Å²) in [5.74, 6) is 0. The third-order valence-corrected chi connectivity index (χ3v) is 3.59. The second-order valence-electron chi connectivity index (χ2n) is 5.28. The van der Waals surface area contributed by atoms with Crippen molar-refractivity contribution in [1.82, 2.24) is 5.32 Å². The molecular weight excluding hydrogens is 243 g/mol. The lowest BCUT2D eigenvalue weighted by Gasteiger charge is -2.41. The molecule has 0 aromatic heterocycles. The fraction of sp³-hybridized carbons (Fsp3) is 1.00. The maximum absolute atomic E-state index is 12.4. The van der Waals surface area contributed by atoms with E-state index >= 15 is 0 Å². The summed E-state index contributed by atoms with van der Waals surface area (Å²) in [5, 5.41) is 3.23. The molecule has 1 rings (SSSR count). The molecule has 0 bridgehead atoms. The number of ether oxygens (including phenoxy) is 1. The second-order valence-corrected chi connectivity index (χ2v) is 5.28. The van der Waals surface area contributed by atoms with Crippen molar-refractivity contribution in [3.05, 3.63) is 0 Å². The number of alkyl halides is 3. The third kappa shape index (κ3) is 5.14. The Morgan fingerprint density at radius 3 is 2.56 bits per heavy atom. The van der Waals surface area contributed by atoms with Crippen molar-refractivity contribution in [3.63, 3.8) is 0 Å². The number of hydrogen-bond acceptors (Lipinski definition) is 2. The van der Waals surface area contributed by atoms with Crippen LogP contribution in [0.5, 0.6) is 0 Å². The van der Waals surface area contributed by atoms with Gasteiger partial charge in [-0.2, -0.15) is 13.2 Å². The van der Waals surface area contributed by atoms with Crippen molar-refractivity contribution in [2.75, 3.05) is 13.2 Å². The molecule has 1 aliphatic rings. The summed E-state index contributed by atoms with van der Waals surface area (Å²) in [5.41, 5.74) is -0.446. The molecule has 2 unspecified atom stereocenters. The normalized spacial score (nSPS) is 27.2. The minimum Gasteiger partial charge on any atom is -0.374 e. The van der Waals surface area contributed by atoms with Crippen molar-refractivity contribution in [2.24, 2.45) is 0 Å². The summed E-state index contributed by atoms with van der Waals surface area (Å²) in [6.45, 7) is 5.35. The fourth-order valence-electron chi connectivity index (χ4n) is 2.48. The second kappa shape index (κ2) is 6.75. The zero-order valence-electron chi connectivity index (χ0n) is 11.3. The highest BCUT2D eigenvalue weighted by molar-refractivity contribution is 4.91. The molecule has 1 aliphatic heterocycles. The van der Waals surface area contributed by atoms with E-state index in [4.69, 9.17) is 4.74 Å². The van der Waals surface area contributed by atoms with Crippen molar-refractivity contribution in [3.8, 4) is 0 Å². The summed E-state index contributed by atoms with van der Waals surface area (Å²) in [6, 6.07) is -0.209. The predicted octanol–water partition coefficient (Wildman–Crippen LogP) is 3.66. The van der Waals surface area contributed by atoms with Crippen molar-refractivity contribution >= 4 is 0 Å². The van der Waals surface area contributed by atoms with Crippen LogP contribution in [0.3, 0.4) is 0 Å². The monoisotopic (exact) mass is 267 g/mol. The highest BCUT2D eigenvalue weighted by Gasteiger charge is 2.38. The molecule has 0 spiro atoms. The van der Waals surface area contributed by atoms with E-state index in [0.717, 1.165) is 32.2 Å². The zero-order valence-corrected chi connectivity index (χ0v) is 11.3. The van der Waals surface area contributed by atoms with E-state index in [1.54, 1.807) is 0 Å². The van der Waals surface area contributed by atoms with E-state index in [2.05, 4.69) is 5.32 Å². The van der Waals surface area contributed by atoms with Crippen LogP contribution in [0.1, 0.15) is 52.4 Å².